The van der Waals surface area contributed by atoms with Gasteiger partial charge in [0.2, 0.25) is 0 Å². The minimum absolute atomic E-state index is 0.272. The molecule has 0 aliphatic carbocycles. The average molecular weight is 647 g/mol. The molecule has 242 valence electrons. The molecule has 2 heterocycles. The standard InChI is InChI=1S/C32H46N2O8SSi/c1-32(2,3)42-31(36)34-30-33-25-27(39-17-20-9-13-22(37-4)14-10-20)28(40-18-21-11-15-23(38-5)16-12-21)26(41-29(25)43-30)24(35)19-44(6,7)8/h9-16,24-29,35H,17-19H2,1-8H3,(H,33,34,36)/t24?,25-,26-,27-,28-,29-/m1/s1. The van der Waals surface area contributed by atoms with E-state index in [1.807, 2.05) is 48.5 Å². The van der Waals surface area contributed by atoms with Crippen LogP contribution in [0.25, 0.3) is 0 Å². The van der Waals surface area contributed by atoms with Crippen molar-refractivity contribution in [2.45, 2.75) is 101 Å². The van der Waals surface area contributed by atoms with E-state index in [0.29, 0.717) is 11.2 Å². The number of hydrogen-bond donors (Lipinski definition) is 2. The lowest BCUT2D eigenvalue weighted by atomic mass is 9.94. The number of fused-ring (bicyclic) bond motifs is 1. The average Bonchev–Trinajstić information content (AvgIpc) is 3.35. The van der Waals surface area contributed by atoms with Gasteiger partial charge in [-0.1, -0.05) is 55.7 Å². The molecule has 0 spiro atoms. The molecule has 1 saturated heterocycles. The molecule has 12 heteroatoms. The summed E-state index contributed by atoms with van der Waals surface area (Å²) in [5.41, 5.74) is 0.733. The summed E-state index contributed by atoms with van der Waals surface area (Å²) in [7, 11) is 1.57. The van der Waals surface area contributed by atoms with Crippen molar-refractivity contribution in [2.24, 2.45) is 4.99 Å². The Morgan fingerprint density at radius 2 is 1.48 bits per heavy atom. The van der Waals surface area contributed by atoms with Crippen LogP contribution in [-0.4, -0.2) is 80.2 Å². The highest BCUT2D eigenvalue weighted by atomic mass is 32.2. The number of carbonyl (C=O) groups excluding carboxylic acids is 1. The predicted molar refractivity (Wildman–Crippen MR) is 174 cm³/mol. The van der Waals surface area contributed by atoms with E-state index < -0.39 is 55.7 Å². The lowest BCUT2D eigenvalue weighted by molar-refractivity contribution is -0.218. The normalized spacial score (nSPS) is 24.2. The van der Waals surface area contributed by atoms with Gasteiger partial charge in [-0.15, -0.1) is 0 Å². The number of methoxy groups -OCH3 is 2. The summed E-state index contributed by atoms with van der Waals surface area (Å²) in [6, 6.07) is 15.4. The van der Waals surface area contributed by atoms with Crippen LogP contribution in [0.5, 0.6) is 11.5 Å². The monoisotopic (exact) mass is 646 g/mol. The Labute approximate surface area is 265 Å². The van der Waals surface area contributed by atoms with Gasteiger partial charge in [-0.2, -0.15) is 0 Å². The molecular formula is C32H46N2O8SSi. The lowest BCUT2D eigenvalue weighted by Crippen LogP contribution is -2.60. The van der Waals surface area contributed by atoms with Crippen LogP contribution >= 0.6 is 11.8 Å². The van der Waals surface area contributed by atoms with Crippen molar-refractivity contribution in [3.8, 4) is 11.5 Å². The first kappa shape index (κ1) is 34.3. The van der Waals surface area contributed by atoms with Crippen LogP contribution < -0.4 is 14.8 Å². The number of nitrogens with one attached hydrogen (secondary N) is 1. The van der Waals surface area contributed by atoms with E-state index in [4.69, 9.17) is 33.4 Å². The SMILES string of the molecule is COc1ccc(CO[C@@H]2[C@H]3N=C(NC(=O)OC(C)(C)C)S[C@H]3O[C@H](C(O)C[Si](C)(C)C)[C@H]2OCc2ccc(OC)cc2)cc1. The Balaban J connectivity index is 1.63. The highest BCUT2D eigenvalue weighted by molar-refractivity contribution is 8.14. The Bertz CT molecular complexity index is 1260. The van der Waals surface area contributed by atoms with E-state index in [-0.39, 0.29) is 13.2 Å². The minimum Gasteiger partial charge on any atom is -0.497 e. The molecule has 2 aromatic rings. The third-order valence-electron chi connectivity index (χ3n) is 7.06. The summed E-state index contributed by atoms with van der Waals surface area (Å²) < 4.78 is 35.8. The van der Waals surface area contributed by atoms with Gasteiger partial charge >= 0.3 is 6.09 Å². The van der Waals surface area contributed by atoms with Crippen LogP contribution in [0.2, 0.25) is 25.7 Å². The van der Waals surface area contributed by atoms with Gasteiger partial charge in [0.1, 0.15) is 46.9 Å². The van der Waals surface area contributed by atoms with Crippen molar-refractivity contribution >= 4 is 31.1 Å². The van der Waals surface area contributed by atoms with Gasteiger partial charge in [-0.05, 0) is 62.2 Å². The summed E-state index contributed by atoms with van der Waals surface area (Å²) in [6.07, 6.45) is -3.28. The summed E-state index contributed by atoms with van der Waals surface area (Å²) in [5, 5.41) is 14.7. The van der Waals surface area contributed by atoms with Gasteiger partial charge in [0.05, 0.1) is 33.5 Å². The number of ether oxygens (including phenoxy) is 6. The summed E-state index contributed by atoms with van der Waals surface area (Å²) in [4.78, 5) is 17.4. The fraction of sp³-hybridized carbons (Fsp3) is 0.562. The number of carbonyl (C=O) groups is 1. The van der Waals surface area contributed by atoms with Gasteiger partial charge in [0, 0.05) is 8.07 Å². The quantitative estimate of drug-likeness (QED) is 0.301. The van der Waals surface area contributed by atoms with Crippen LogP contribution in [0, 0.1) is 0 Å². The van der Waals surface area contributed by atoms with Crippen molar-refractivity contribution in [3.63, 3.8) is 0 Å². The second kappa shape index (κ2) is 14.7. The maximum Gasteiger partial charge on any atom is 0.413 e. The van der Waals surface area contributed by atoms with Crippen molar-refractivity contribution in [3.05, 3.63) is 59.7 Å². The third-order valence-corrected chi connectivity index (χ3v) is 9.76. The van der Waals surface area contributed by atoms with E-state index in [0.717, 1.165) is 22.6 Å². The number of hydrogen-bond acceptors (Lipinski definition) is 10. The number of amides is 1. The number of alkyl carbamates (subject to hydrolysis) is 1. The minimum atomic E-state index is -1.69. The number of benzene rings is 2. The van der Waals surface area contributed by atoms with Gasteiger partial charge < -0.3 is 33.5 Å². The van der Waals surface area contributed by atoms with Crippen LogP contribution in [0.3, 0.4) is 0 Å². The Morgan fingerprint density at radius 1 is 0.955 bits per heavy atom. The highest BCUT2D eigenvalue weighted by Gasteiger charge is 2.53. The number of aliphatic hydroxyl groups is 1. The van der Waals surface area contributed by atoms with E-state index in [2.05, 4.69) is 25.0 Å². The zero-order valence-electron chi connectivity index (χ0n) is 26.9. The summed E-state index contributed by atoms with van der Waals surface area (Å²) in [5.74, 6) is 1.51. The molecular weight excluding hydrogens is 601 g/mol. The van der Waals surface area contributed by atoms with Crippen LogP contribution in [0.1, 0.15) is 31.9 Å². The number of thioether (sulfide) groups is 1. The van der Waals surface area contributed by atoms with E-state index >= 15 is 0 Å². The first-order valence-electron chi connectivity index (χ1n) is 14.8. The maximum atomic E-state index is 12.6. The second-order valence-corrected chi connectivity index (χ2v) is 19.8. The molecule has 2 aromatic carbocycles. The lowest BCUT2D eigenvalue weighted by Gasteiger charge is -2.45. The zero-order chi connectivity index (χ0) is 32.1. The molecule has 10 nitrogen and oxygen atoms in total. The molecule has 1 unspecified atom stereocenters. The molecule has 2 N–H and O–H groups in total. The molecule has 0 bridgehead atoms. The molecule has 4 rings (SSSR count). The first-order valence-corrected chi connectivity index (χ1v) is 19.4. The van der Waals surface area contributed by atoms with Gasteiger partial charge in [-0.25, -0.2) is 4.79 Å². The Kier molecular flexibility index (Phi) is 11.4. The Morgan fingerprint density at radius 3 is 1.95 bits per heavy atom. The molecule has 2 aliphatic heterocycles. The number of aliphatic hydroxyl groups excluding tert-OH is 1. The topological polar surface area (TPSA) is 117 Å². The van der Waals surface area contributed by atoms with Crippen molar-refractivity contribution in [1.29, 1.82) is 0 Å². The molecule has 2 aliphatic rings. The molecule has 0 aromatic heterocycles. The number of amidine groups is 1. The van der Waals surface area contributed by atoms with Crippen LogP contribution in [0.4, 0.5) is 4.79 Å². The Hall–Kier alpha value is -2.61. The zero-order valence-corrected chi connectivity index (χ0v) is 28.7. The van der Waals surface area contributed by atoms with Gasteiger partial charge in [0.15, 0.2) is 5.17 Å². The van der Waals surface area contributed by atoms with Gasteiger partial charge in [0.25, 0.3) is 0 Å². The van der Waals surface area contributed by atoms with E-state index in [1.54, 1.807) is 35.0 Å². The maximum absolute atomic E-state index is 12.6. The smallest absolute Gasteiger partial charge is 0.413 e. The first-order chi connectivity index (χ1) is 20.7. The van der Waals surface area contributed by atoms with Gasteiger partial charge in [-0.3, -0.25) is 10.3 Å². The number of aliphatic imine (C=N–C) groups is 1. The molecule has 44 heavy (non-hydrogen) atoms. The molecule has 0 radical (unpaired) electrons. The third kappa shape index (κ3) is 9.69. The number of nitrogens with zero attached hydrogens (tertiary/aromatic N) is 1. The van der Waals surface area contributed by atoms with Crippen LogP contribution in [-0.2, 0) is 32.2 Å². The largest absolute Gasteiger partial charge is 0.497 e. The van der Waals surface area contributed by atoms with E-state index in [9.17, 15) is 9.90 Å². The van der Waals surface area contributed by atoms with E-state index in [1.165, 1.54) is 11.8 Å². The second-order valence-electron chi connectivity index (χ2n) is 13.2. The predicted octanol–water partition coefficient (Wildman–Crippen LogP) is 5.59. The van der Waals surface area contributed by atoms with Crippen molar-refractivity contribution in [1.82, 2.24) is 5.32 Å². The molecule has 1 amide bonds. The molecule has 0 saturated carbocycles. The van der Waals surface area contributed by atoms with Crippen molar-refractivity contribution < 1.29 is 38.3 Å². The number of rotatable bonds is 11. The summed E-state index contributed by atoms with van der Waals surface area (Å²) in [6.45, 7) is 12.6. The van der Waals surface area contributed by atoms with Crippen LogP contribution in [0.15, 0.2) is 53.5 Å². The van der Waals surface area contributed by atoms with Crippen molar-refractivity contribution in [2.75, 3.05) is 14.2 Å². The highest BCUT2D eigenvalue weighted by Crippen LogP contribution is 2.41. The fourth-order valence-corrected chi connectivity index (χ4v) is 7.65. The summed E-state index contributed by atoms with van der Waals surface area (Å²) >= 11 is 1.29. The molecule has 1 fully saturated rings. The fourth-order valence-electron chi connectivity index (χ4n) is 5.07. The molecule has 6 atom stereocenters.